The third-order valence-electron chi connectivity index (χ3n) is 3.84. The van der Waals surface area contributed by atoms with Crippen LogP contribution in [-0.2, 0) is 0 Å². The molecule has 0 bridgehead atoms. The molecule has 0 unspecified atom stereocenters. The highest BCUT2D eigenvalue weighted by molar-refractivity contribution is 4.81. The maximum Gasteiger partial charge on any atom is 0.0571 e. The highest BCUT2D eigenvalue weighted by Gasteiger charge is 2.30. The molecule has 0 aliphatic heterocycles. The molecule has 0 aromatic rings. The van der Waals surface area contributed by atoms with E-state index >= 15 is 0 Å². The molecule has 3 atom stereocenters. The zero-order chi connectivity index (χ0) is 10.4. The van der Waals surface area contributed by atoms with Gasteiger partial charge in [-0.05, 0) is 24.7 Å². The second-order valence-electron chi connectivity index (χ2n) is 4.83. The Labute approximate surface area is 88.9 Å². The van der Waals surface area contributed by atoms with Gasteiger partial charge in [0.15, 0.2) is 0 Å². The van der Waals surface area contributed by atoms with E-state index in [2.05, 4.69) is 13.8 Å². The second kappa shape index (κ2) is 6.44. The number of hydrogen-bond donors (Lipinski definition) is 1. The third-order valence-corrected chi connectivity index (χ3v) is 3.84. The van der Waals surface area contributed by atoms with E-state index in [9.17, 15) is 5.11 Å². The number of aliphatic hydroxyl groups is 1. The van der Waals surface area contributed by atoms with Crippen LogP contribution in [-0.4, -0.2) is 11.2 Å². The largest absolute Gasteiger partial charge is 0.393 e. The molecular weight excluding hydrogens is 172 g/mol. The van der Waals surface area contributed by atoms with Crippen LogP contribution in [0.3, 0.4) is 0 Å². The summed E-state index contributed by atoms with van der Waals surface area (Å²) in [5.41, 5.74) is 0. The standard InChI is InChI=1S/C13H26O/c1-3-5-6-8-11(4-2)12-9-7-10-13(12)14/h11-14H,3-10H2,1-2H3/t11-,12+,13+/m1/s1. The van der Waals surface area contributed by atoms with Crippen molar-refractivity contribution < 1.29 is 5.11 Å². The topological polar surface area (TPSA) is 20.2 Å². The Morgan fingerprint density at radius 2 is 2.00 bits per heavy atom. The Balaban J connectivity index is 2.29. The van der Waals surface area contributed by atoms with Crippen molar-refractivity contribution >= 4 is 0 Å². The monoisotopic (exact) mass is 198 g/mol. The minimum atomic E-state index is 0.0153. The Bertz CT molecular complexity index is 144. The summed E-state index contributed by atoms with van der Waals surface area (Å²) in [6.07, 6.45) is 10.2. The molecule has 1 N–H and O–H groups in total. The third kappa shape index (κ3) is 3.27. The van der Waals surface area contributed by atoms with E-state index in [0.29, 0.717) is 5.92 Å². The number of unbranched alkanes of at least 4 members (excludes halogenated alkanes) is 2. The second-order valence-corrected chi connectivity index (χ2v) is 4.83. The molecular formula is C13H26O. The Morgan fingerprint density at radius 1 is 1.21 bits per heavy atom. The molecule has 0 aromatic carbocycles. The van der Waals surface area contributed by atoms with Gasteiger partial charge in [0.2, 0.25) is 0 Å². The smallest absolute Gasteiger partial charge is 0.0571 e. The first-order valence-corrected chi connectivity index (χ1v) is 6.47. The molecule has 1 heteroatoms. The number of rotatable bonds is 6. The molecule has 1 fully saturated rings. The van der Waals surface area contributed by atoms with Crippen molar-refractivity contribution in [3.8, 4) is 0 Å². The summed E-state index contributed by atoms with van der Waals surface area (Å²) in [5.74, 6) is 1.41. The number of hydrogen-bond acceptors (Lipinski definition) is 1. The summed E-state index contributed by atoms with van der Waals surface area (Å²) in [7, 11) is 0. The molecule has 0 saturated heterocycles. The summed E-state index contributed by atoms with van der Waals surface area (Å²) in [4.78, 5) is 0. The van der Waals surface area contributed by atoms with Crippen LogP contribution in [0.2, 0.25) is 0 Å². The highest BCUT2D eigenvalue weighted by Crippen LogP contribution is 2.36. The van der Waals surface area contributed by atoms with Crippen molar-refractivity contribution in [1.29, 1.82) is 0 Å². The van der Waals surface area contributed by atoms with Crippen LogP contribution >= 0.6 is 0 Å². The minimum absolute atomic E-state index is 0.0153. The highest BCUT2D eigenvalue weighted by atomic mass is 16.3. The van der Waals surface area contributed by atoms with Crippen molar-refractivity contribution in [1.82, 2.24) is 0 Å². The van der Waals surface area contributed by atoms with E-state index in [0.717, 1.165) is 12.3 Å². The fraction of sp³-hybridized carbons (Fsp3) is 1.00. The minimum Gasteiger partial charge on any atom is -0.393 e. The zero-order valence-electron chi connectivity index (χ0n) is 9.84. The summed E-state index contributed by atoms with van der Waals surface area (Å²) in [5, 5.41) is 9.85. The molecule has 0 spiro atoms. The fourth-order valence-electron chi connectivity index (χ4n) is 2.90. The predicted molar refractivity (Wildman–Crippen MR) is 61.3 cm³/mol. The molecule has 1 aliphatic rings. The zero-order valence-corrected chi connectivity index (χ0v) is 9.84. The molecule has 0 aromatic heterocycles. The molecule has 1 rings (SSSR count). The van der Waals surface area contributed by atoms with E-state index in [4.69, 9.17) is 0 Å². The quantitative estimate of drug-likeness (QED) is 0.644. The van der Waals surface area contributed by atoms with Crippen LogP contribution in [0.5, 0.6) is 0 Å². The van der Waals surface area contributed by atoms with Crippen LogP contribution in [0.25, 0.3) is 0 Å². The summed E-state index contributed by atoms with van der Waals surface area (Å²) >= 11 is 0. The molecule has 84 valence electrons. The first-order chi connectivity index (χ1) is 6.79. The van der Waals surface area contributed by atoms with Gasteiger partial charge in [-0.1, -0.05) is 52.4 Å². The summed E-state index contributed by atoms with van der Waals surface area (Å²) < 4.78 is 0. The lowest BCUT2D eigenvalue weighted by atomic mass is 9.83. The number of aliphatic hydroxyl groups excluding tert-OH is 1. The van der Waals surface area contributed by atoms with E-state index in [1.807, 2.05) is 0 Å². The SMILES string of the molecule is CCCCC[C@@H](CC)[C@@H]1CCC[C@@H]1O. The maximum atomic E-state index is 9.85. The molecule has 1 nitrogen and oxygen atoms in total. The molecule has 0 radical (unpaired) electrons. The van der Waals surface area contributed by atoms with E-state index in [-0.39, 0.29) is 6.10 Å². The lowest BCUT2D eigenvalue weighted by Gasteiger charge is -2.25. The van der Waals surface area contributed by atoms with Crippen molar-refractivity contribution in [2.45, 2.75) is 71.3 Å². The molecule has 0 amide bonds. The summed E-state index contributed by atoms with van der Waals surface area (Å²) in [6.45, 7) is 4.53. The molecule has 1 saturated carbocycles. The predicted octanol–water partition coefficient (Wildman–Crippen LogP) is 3.75. The average molecular weight is 198 g/mol. The molecule has 1 aliphatic carbocycles. The first-order valence-electron chi connectivity index (χ1n) is 6.47. The first kappa shape index (κ1) is 12.0. The fourth-order valence-corrected chi connectivity index (χ4v) is 2.90. The van der Waals surface area contributed by atoms with Crippen LogP contribution in [0.1, 0.15) is 65.2 Å². The normalized spacial score (nSPS) is 29.4. The lowest BCUT2D eigenvalue weighted by Crippen LogP contribution is -2.22. The van der Waals surface area contributed by atoms with Gasteiger partial charge in [0, 0.05) is 0 Å². The maximum absolute atomic E-state index is 9.85. The van der Waals surface area contributed by atoms with Gasteiger partial charge in [0.05, 0.1) is 6.10 Å². The van der Waals surface area contributed by atoms with Crippen molar-refractivity contribution in [3.05, 3.63) is 0 Å². The van der Waals surface area contributed by atoms with Gasteiger partial charge in [0.1, 0.15) is 0 Å². The van der Waals surface area contributed by atoms with Crippen molar-refractivity contribution in [2.24, 2.45) is 11.8 Å². The van der Waals surface area contributed by atoms with Gasteiger partial charge in [-0.25, -0.2) is 0 Å². The average Bonchev–Trinajstić information content (AvgIpc) is 2.60. The van der Waals surface area contributed by atoms with Gasteiger partial charge in [-0.2, -0.15) is 0 Å². The van der Waals surface area contributed by atoms with E-state index in [1.165, 1.54) is 44.9 Å². The van der Waals surface area contributed by atoms with E-state index < -0.39 is 0 Å². The van der Waals surface area contributed by atoms with Crippen LogP contribution < -0.4 is 0 Å². The van der Waals surface area contributed by atoms with Crippen LogP contribution in [0.4, 0.5) is 0 Å². The van der Waals surface area contributed by atoms with Crippen LogP contribution in [0.15, 0.2) is 0 Å². The molecule has 14 heavy (non-hydrogen) atoms. The van der Waals surface area contributed by atoms with Crippen molar-refractivity contribution in [2.75, 3.05) is 0 Å². The van der Waals surface area contributed by atoms with Gasteiger partial charge in [0.25, 0.3) is 0 Å². The lowest BCUT2D eigenvalue weighted by molar-refractivity contribution is 0.0919. The van der Waals surface area contributed by atoms with Gasteiger partial charge in [-0.3, -0.25) is 0 Å². The Morgan fingerprint density at radius 3 is 2.50 bits per heavy atom. The van der Waals surface area contributed by atoms with Gasteiger partial charge in [-0.15, -0.1) is 0 Å². The molecule has 0 heterocycles. The Kier molecular flexibility index (Phi) is 5.54. The van der Waals surface area contributed by atoms with Crippen molar-refractivity contribution in [3.63, 3.8) is 0 Å². The summed E-state index contributed by atoms with van der Waals surface area (Å²) in [6, 6.07) is 0. The van der Waals surface area contributed by atoms with Crippen LogP contribution in [0, 0.1) is 11.8 Å². The van der Waals surface area contributed by atoms with E-state index in [1.54, 1.807) is 0 Å². The van der Waals surface area contributed by atoms with Gasteiger partial charge >= 0.3 is 0 Å². The van der Waals surface area contributed by atoms with Gasteiger partial charge < -0.3 is 5.11 Å². The Hall–Kier alpha value is -0.0400.